The number of para-hydroxylation sites is 4. The molecular weight excluding hydrogens is 889 g/mol. The number of hydrogen-bond donors (Lipinski definition) is 2. The Morgan fingerprint density at radius 1 is 0.477 bits per heavy atom. The zero-order valence-electron chi connectivity index (χ0n) is 39.2. The minimum Gasteiger partial charge on any atom is -0.870 e. The van der Waals surface area contributed by atoms with Crippen LogP contribution < -0.4 is 14.6 Å². The van der Waals surface area contributed by atoms with Crippen molar-refractivity contribution in [1.29, 1.82) is 0 Å². The molecule has 0 aromatic heterocycles. The van der Waals surface area contributed by atoms with Crippen molar-refractivity contribution in [2.24, 2.45) is 0 Å². The molecule has 0 heterocycles. The quantitative estimate of drug-likeness (QED) is 0.0272. The summed E-state index contributed by atoms with van der Waals surface area (Å²) in [5.41, 5.74) is 1.52. The van der Waals surface area contributed by atoms with Gasteiger partial charge in [0.15, 0.2) is 11.5 Å². The van der Waals surface area contributed by atoms with Gasteiger partial charge in [0.1, 0.15) is 27.4 Å². The molecule has 4 aromatic carbocycles. The minimum absolute atomic E-state index is 0. The second-order valence-electron chi connectivity index (χ2n) is 17.0. The molecule has 0 saturated heterocycles. The number of aryl methyl sites for hydroxylation is 2. The van der Waals surface area contributed by atoms with Gasteiger partial charge >= 0.3 is 37.7 Å². The molecule has 0 saturated carbocycles. The monoisotopic (exact) mass is 962 g/mol. The molecule has 0 bridgehead atoms. The van der Waals surface area contributed by atoms with Crippen LogP contribution in [0.3, 0.4) is 0 Å². The van der Waals surface area contributed by atoms with Crippen LogP contribution in [0, 0.1) is 0 Å². The Balaban J connectivity index is 0.000000440. The van der Waals surface area contributed by atoms with Crippen LogP contribution in [0.1, 0.15) is 179 Å². The van der Waals surface area contributed by atoms with Crippen LogP contribution in [0.15, 0.2) is 94.7 Å². The van der Waals surface area contributed by atoms with E-state index in [1.54, 1.807) is 42.5 Å². The third kappa shape index (κ3) is 25.8. The molecule has 0 fully saturated rings. The number of ether oxygens (including phenoxy) is 2. The van der Waals surface area contributed by atoms with E-state index in [0.717, 1.165) is 43.2 Å². The van der Waals surface area contributed by atoms with Crippen molar-refractivity contribution in [2.45, 2.75) is 191 Å². The van der Waals surface area contributed by atoms with E-state index < -0.39 is 20.2 Å². The minimum atomic E-state index is -4.61. The average molecular weight is 963 g/mol. The molecule has 0 aliphatic heterocycles. The standard InChI is InChI=1S/2C26H38O5S.Ca/c2*1-2-3-4-5-6-7-8-9-10-11-12-13-16-22-19-23(21-24(20-22)32(28,29)30)31-26-18-15-14-17-25(26)27;/h2*14-15,17-21,27H,2-13,16H2,1H3,(H,28,29,30);/q;;+2/p-2. The van der Waals surface area contributed by atoms with Crippen LogP contribution in [-0.2, 0) is 33.1 Å². The summed E-state index contributed by atoms with van der Waals surface area (Å²) < 4.78 is 78.8. The molecule has 0 spiro atoms. The van der Waals surface area contributed by atoms with Crippen LogP contribution >= 0.6 is 0 Å². The van der Waals surface area contributed by atoms with Gasteiger partial charge in [-0.05, 0) is 85.3 Å². The summed E-state index contributed by atoms with van der Waals surface area (Å²) in [6.07, 6.45) is 31.5. The average Bonchev–Trinajstić information content (AvgIpc) is 3.25. The summed E-state index contributed by atoms with van der Waals surface area (Å²) in [5, 5.41) is 21.8. The maximum atomic E-state index is 11.9. The van der Waals surface area contributed by atoms with E-state index in [9.17, 15) is 36.2 Å². The molecule has 356 valence electrons. The van der Waals surface area contributed by atoms with Crippen molar-refractivity contribution >= 4 is 58.0 Å². The molecule has 4 aromatic rings. The summed E-state index contributed by atoms with van der Waals surface area (Å²) in [5.74, 6) is 0.466. The van der Waals surface area contributed by atoms with E-state index in [1.165, 1.54) is 164 Å². The third-order valence-electron chi connectivity index (χ3n) is 11.3. The summed E-state index contributed by atoms with van der Waals surface area (Å²) in [4.78, 5) is -0.522. The Kier molecular flexibility index (Phi) is 30.1. The predicted molar refractivity (Wildman–Crippen MR) is 260 cm³/mol. The second-order valence-corrected chi connectivity index (χ2v) is 19.8. The zero-order chi connectivity index (χ0) is 46.5. The van der Waals surface area contributed by atoms with Gasteiger partial charge in [0.25, 0.3) is 10.1 Å². The Morgan fingerprint density at radius 3 is 1.23 bits per heavy atom. The van der Waals surface area contributed by atoms with Crippen LogP contribution in [-0.4, -0.2) is 68.8 Å². The fourth-order valence-corrected chi connectivity index (χ4v) is 8.75. The maximum absolute atomic E-state index is 11.9. The number of phenolic OH excluding ortho intramolecular Hbond substituents is 1. The number of unbranched alkanes of at least 4 members (excludes halogenated alkanes) is 22. The van der Waals surface area contributed by atoms with Gasteiger partial charge in [-0.3, -0.25) is 4.55 Å². The molecule has 0 aliphatic rings. The number of rotatable bonds is 32. The number of phenols is 1. The van der Waals surface area contributed by atoms with Gasteiger partial charge < -0.3 is 24.2 Å². The van der Waals surface area contributed by atoms with Gasteiger partial charge in [-0.1, -0.05) is 191 Å². The fraction of sp³-hybridized carbons (Fsp3) is 0.538. The number of aromatic hydroxyl groups is 1. The molecule has 0 unspecified atom stereocenters. The molecule has 2 N–H and O–H groups in total. The smallest absolute Gasteiger partial charge is 0.870 e. The molecule has 0 amide bonds. The Labute approximate surface area is 421 Å². The first kappa shape index (κ1) is 58.3. The molecule has 4 rings (SSSR count). The molecule has 0 aliphatic carbocycles. The molecule has 10 nitrogen and oxygen atoms in total. The van der Waals surface area contributed by atoms with Crippen molar-refractivity contribution in [3.8, 4) is 34.5 Å². The summed E-state index contributed by atoms with van der Waals surface area (Å²) in [7, 11) is -8.96. The van der Waals surface area contributed by atoms with Crippen molar-refractivity contribution in [3.05, 3.63) is 96.1 Å². The van der Waals surface area contributed by atoms with Crippen molar-refractivity contribution in [1.82, 2.24) is 0 Å². The first-order valence-electron chi connectivity index (χ1n) is 23.9. The fourth-order valence-electron chi connectivity index (χ4n) is 7.63. The van der Waals surface area contributed by atoms with Crippen LogP contribution in [0.2, 0.25) is 0 Å². The van der Waals surface area contributed by atoms with E-state index in [0.29, 0.717) is 12.8 Å². The van der Waals surface area contributed by atoms with Crippen LogP contribution in [0.4, 0.5) is 0 Å². The summed E-state index contributed by atoms with van der Waals surface area (Å²) in [6, 6.07) is 21.5. The number of hydrogen-bond acceptors (Lipinski definition) is 9. The summed E-state index contributed by atoms with van der Waals surface area (Å²) in [6.45, 7) is 4.48. The van der Waals surface area contributed by atoms with E-state index in [2.05, 4.69) is 13.8 Å². The molecule has 0 radical (unpaired) electrons. The van der Waals surface area contributed by atoms with Crippen molar-refractivity contribution < 1.29 is 45.6 Å². The van der Waals surface area contributed by atoms with Gasteiger partial charge in [0, 0.05) is 6.07 Å². The van der Waals surface area contributed by atoms with E-state index in [-0.39, 0.29) is 82.0 Å². The Morgan fingerprint density at radius 2 is 0.831 bits per heavy atom. The van der Waals surface area contributed by atoms with Crippen LogP contribution in [0.25, 0.3) is 0 Å². The Hall–Kier alpha value is -2.84. The van der Waals surface area contributed by atoms with Crippen LogP contribution in [0.5, 0.6) is 34.5 Å². The van der Waals surface area contributed by atoms with Crippen molar-refractivity contribution in [3.63, 3.8) is 0 Å². The van der Waals surface area contributed by atoms with Gasteiger partial charge in [0.05, 0.1) is 9.79 Å². The summed E-state index contributed by atoms with van der Waals surface area (Å²) >= 11 is 0. The first-order valence-corrected chi connectivity index (χ1v) is 26.8. The Bertz CT molecular complexity index is 1970. The predicted octanol–water partition coefficient (Wildman–Crippen LogP) is 14.0. The zero-order valence-corrected chi connectivity index (χ0v) is 43.0. The van der Waals surface area contributed by atoms with Gasteiger partial charge in [0.2, 0.25) is 0 Å². The van der Waals surface area contributed by atoms with Gasteiger partial charge in [-0.2, -0.15) is 8.42 Å². The van der Waals surface area contributed by atoms with E-state index >= 15 is 0 Å². The number of benzene rings is 4. The third-order valence-corrected chi connectivity index (χ3v) is 12.9. The normalized spacial score (nSPS) is 11.4. The molecule has 13 heteroatoms. The SMILES string of the molecule is CCCCCCCCCCCCCCc1cc(Oc2ccccc2O)cc(S(=O)(=O)O)c1.CCCCCCCCCCCCCCc1cc(Oc2ccccc2[O-])cc(S(=O)(=O)[O-])c1.[Ca+2]. The molecule has 0 atom stereocenters. The first-order chi connectivity index (χ1) is 30.8. The second kappa shape index (κ2) is 33.6. The van der Waals surface area contributed by atoms with Crippen molar-refractivity contribution in [2.75, 3.05) is 0 Å². The molecule has 65 heavy (non-hydrogen) atoms. The van der Waals surface area contributed by atoms with Gasteiger partial charge in [-0.25, -0.2) is 8.42 Å². The maximum Gasteiger partial charge on any atom is 2.00 e. The molecular formula is C52H74CaO10S2. The van der Waals surface area contributed by atoms with E-state index in [1.807, 2.05) is 0 Å². The van der Waals surface area contributed by atoms with E-state index in [4.69, 9.17) is 9.47 Å². The van der Waals surface area contributed by atoms with Gasteiger partial charge in [-0.15, -0.1) is 0 Å². The largest absolute Gasteiger partial charge is 2.00 e. The topological polar surface area (TPSA) is 173 Å².